The maximum atomic E-state index is 5.59. The van der Waals surface area contributed by atoms with Crippen molar-refractivity contribution >= 4 is 23.4 Å². The number of aryl methyl sites for hydroxylation is 2. The van der Waals surface area contributed by atoms with Gasteiger partial charge in [0, 0.05) is 13.7 Å². The van der Waals surface area contributed by atoms with Gasteiger partial charge in [-0.15, -0.1) is 0 Å². The van der Waals surface area contributed by atoms with Gasteiger partial charge in [-0.3, -0.25) is 9.25 Å². The molecular weight excluding hydrogens is 260 g/mol. The highest BCUT2D eigenvalue weighted by molar-refractivity contribution is 7.71. The van der Waals surface area contributed by atoms with E-state index in [1.165, 1.54) is 0 Å². The third kappa shape index (κ3) is 2.12. The van der Waals surface area contributed by atoms with Crippen molar-refractivity contribution in [1.82, 2.24) is 19.3 Å². The molecule has 2 aromatic heterocycles. The molecule has 0 aromatic carbocycles. The molecule has 1 unspecified atom stereocenters. The predicted octanol–water partition coefficient (Wildman–Crippen LogP) is 2.74. The Morgan fingerprint density at radius 3 is 3.05 bits per heavy atom. The molecule has 1 saturated heterocycles. The topological polar surface area (TPSA) is 47.8 Å². The number of nitrogens with zero attached hydrogens (tertiary/aromatic N) is 3. The zero-order chi connectivity index (χ0) is 13.4. The van der Waals surface area contributed by atoms with Crippen LogP contribution in [0.1, 0.15) is 37.9 Å². The van der Waals surface area contributed by atoms with Crippen LogP contribution in [0.2, 0.25) is 0 Å². The van der Waals surface area contributed by atoms with E-state index < -0.39 is 0 Å². The molecule has 3 rings (SSSR count). The quantitative estimate of drug-likeness (QED) is 0.879. The van der Waals surface area contributed by atoms with Gasteiger partial charge in [-0.1, -0.05) is 13.3 Å². The minimum Gasteiger partial charge on any atom is -0.379 e. The van der Waals surface area contributed by atoms with E-state index in [0.717, 1.165) is 60.5 Å². The highest BCUT2D eigenvalue weighted by atomic mass is 32.1. The molecule has 6 heteroatoms. The number of imidazole rings is 1. The first-order valence-corrected chi connectivity index (χ1v) is 7.37. The molecule has 5 nitrogen and oxygen atoms in total. The molecule has 19 heavy (non-hydrogen) atoms. The van der Waals surface area contributed by atoms with Gasteiger partial charge < -0.3 is 9.72 Å². The highest BCUT2D eigenvalue weighted by Crippen LogP contribution is 2.27. The van der Waals surface area contributed by atoms with Gasteiger partial charge in [-0.2, -0.15) is 5.10 Å². The highest BCUT2D eigenvalue weighted by Gasteiger charge is 2.22. The van der Waals surface area contributed by atoms with E-state index in [9.17, 15) is 0 Å². The van der Waals surface area contributed by atoms with Crippen LogP contribution in [0.25, 0.3) is 11.2 Å². The minimum atomic E-state index is 0.333. The molecule has 3 heterocycles. The summed E-state index contributed by atoms with van der Waals surface area (Å²) in [7, 11) is 1.99. The molecule has 0 spiro atoms. The first-order valence-electron chi connectivity index (χ1n) is 6.96. The average molecular weight is 280 g/mol. The van der Waals surface area contributed by atoms with Crippen molar-refractivity contribution in [3.8, 4) is 0 Å². The molecule has 104 valence electrons. The summed E-state index contributed by atoms with van der Waals surface area (Å²) >= 11 is 5.50. The number of nitrogens with one attached hydrogen (secondary N) is 1. The number of hydrogen-bond donors (Lipinski definition) is 1. The largest absolute Gasteiger partial charge is 0.379 e. The monoisotopic (exact) mass is 280 g/mol. The van der Waals surface area contributed by atoms with E-state index in [-0.39, 0.29) is 0 Å². The first-order chi connectivity index (χ1) is 9.22. The van der Waals surface area contributed by atoms with Crippen molar-refractivity contribution in [2.24, 2.45) is 7.05 Å². The molecule has 1 fully saturated rings. The summed E-state index contributed by atoms with van der Waals surface area (Å²) < 4.78 is 10.5. The Balaban J connectivity index is 2.13. The number of hydrogen-bond acceptors (Lipinski definition) is 3. The van der Waals surface area contributed by atoms with Crippen LogP contribution in [0.3, 0.4) is 0 Å². The van der Waals surface area contributed by atoms with Crippen LogP contribution in [0.5, 0.6) is 0 Å². The van der Waals surface area contributed by atoms with E-state index in [1.54, 1.807) is 0 Å². The van der Waals surface area contributed by atoms with Gasteiger partial charge in [0.25, 0.3) is 0 Å². The van der Waals surface area contributed by atoms with Crippen molar-refractivity contribution in [3.63, 3.8) is 0 Å². The van der Waals surface area contributed by atoms with Gasteiger partial charge in [0.1, 0.15) is 5.52 Å². The number of ether oxygens (including phenoxy) is 1. The molecule has 2 aromatic rings. The van der Waals surface area contributed by atoms with Crippen LogP contribution >= 0.6 is 12.2 Å². The summed E-state index contributed by atoms with van der Waals surface area (Å²) in [6.45, 7) is 3.78. The fourth-order valence-electron chi connectivity index (χ4n) is 2.91. The van der Waals surface area contributed by atoms with Gasteiger partial charge in [-0.25, -0.2) is 0 Å². The molecule has 1 aliphatic heterocycles. The SMILES string of the molecule is CCCc1nn(C)c2c1[nH]c(=S)n2C1CCCOC1. The van der Waals surface area contributed by atoms with Gasteiger partial charge in [0.05, 0.1) is 18.3 Å². The summed E-state index contributed by atoms with van der Waals surface area (Å²) in [6.07, 6.45) is 4.28. The lowest BCUT2D eigenvalue weighted by Crippen LogP contribution is -2.22. The molecule has 1 atom stereocenters. The predicted molar refractivity (Wildman–Crippen MR) is 77.0 cm³/mol. The van der Waals surface area contributed by atoms with Crippen LogP contribution in [-0.2, 0) is 18.2 Å². The third-order valence-corrected chi connectivity index (χ3v) is 4.06. The molecular formula is C13H20N4OS. The van der Waals surface area contributed by atoms with Crippen LogP contribution in [0.4, 0.5) is 0 Å². The molecule has 0 amide bonds. The average Bonchev–Trinajstić information content (AvgIpc) is 2.89. The summed E-state index contributed by atoms with van der Waals surface area (Å²) in [6, 6.07) is 0.333. The van der Waals surface area contributed by atoms with Crippen molar-refractivity contribution in [3.05, 3.63) is 10.5 Å². The van der Waals surface area contributed by atoms with Gasteiger partial charge in [0.15, 0.2) is 10.4 Å². The molecule has 0 bridgehead atoms. The molecule has 0 saturated carbocycles. The third-order valence-electron chi connectivity index (χ3n) is 3.76. The second-order valence-corrected chi connectivity index (χ2v) is 5.58. The Labute approximate surface area is 117 Å². The first kappa shape index (κ1) is 12.9. The van der Waals surface area contributed by atoms with Gasteiger partial charge in [-0.05, 0) is 31.5 Å². The minimum absolute atomic E-state index is 0.333. The Morgan fingerprint density at radius 1 is 1.53 bits per heavy atom. The second kappa shape index (κ2) is 5.09. The van der Waals surface area contributed by atoms with Gasteiger partial charge >= 0.3 is 0 Å². The number of aromatic amines is 1. The maximum Gasteiger partial charge on any atom is 0.179 e. The number of H-pyrrole nitrogens is 1. The Bertz CT molecular complexity index is 633. The van der Waals surface area contributed by atoms with Crippen molar-refractivity contribution in [1.29, 1.82) is 0 Å². The van der Waals surface area contributed by atoms with Crippen LogP contribution in [0.15, 0.2) is 0 Å². The molecule has 1 aliphatic rings. The van der Waals surface area contributed by atoms with E-state index in [2.05, 4.69) is 21.6 Å². The van der Waals surface area contributed by atoms with Crippen molar-refractivity contribution < 1.29 is 4.74 Å². The molecule has 0 radical (unpaired) electrons. The van der Waals surface area contributed by atoms with Crippen LogP contribution < -0.4 is 0 Å². The lowest BCUT2D eigenvalue weighted by Gasteiger charge is -2.23. The summed E-state index contributed by atoms with van der Waals surface area (Å²) in [4.78, 5) is 3.34. The smallest absolute Gasteiger partial charge is 0.179 e. The van der Waals surface area contributed by atoms with Crippen molar-refractivity contribution in [2.75, 3.05) is 13.2 Å². The van der Waals surface area contributed by atoms with Crippen molar-refractivity contribution in [2.45, 2.75) is 38.6 Å². The van der Waals surface area contributed by atoms with E-state index >= 15 is 0 Å². The normalized spacial score (nSPS) is 20.2. The maximum absolute atomic E-state index is 5.59. The summed E-state index contributed by atoms with van der Waals surface area (Å²) in [5.41, 5.74) is 3.31. The summed E-state index contributed by atoms with van der Waals surface area (Å²) in [5.74, 6) is 0. The second-order valence-electron chi connectivity index (χ2n) is 5.19. The molecule has 0 aliphatic carbocycles. The summed E-state index contributed by atoms with van der Waals surface area (Å²) in [5, 5.41) is 4.61. The van der Waals surface area contributed by atoms with Crippen LogP contribution in [-0.4, -0.2) is 32.5 Å². The van der Waals surface area contributed by atoms with Crippen LogP contribution in [0, 0.1) is 4.77 Å². The zero-order valence-electron chi connectivity index (χ0n) is 11.5. The van der Waals surface area contributed by atoms with Gasteiger partial charge in [0.2, 0.25) is 0 Å². The number of rotatable bonds is 3. The standard InChI is InChI=1S/C13H20N4OS/c1-3-5-10-11-12(16(2)15-10)17(13(19)14-11)9-6-4-7-18-8-9/h9H,3-8H2,1-2H3,(H,14,19). The lowest BCUT2D eigenvalue weighted by molar-refractivity contribution is 0.0597. The van der Waals surface area contributed by atoms with E-state index in [1.807, 2.05) is 11.7 Å². The number of aromatic nitrogens is 4. The fourth-order valence-corrected chi connectivity index (χ4v) is 3.25. The Morgan fingerprint density at radius 2 is 2.37 bits per heavy atom. The van der Waals surface area contributed by atoms with E-state index in [0.29, 0.717) is 6.04 Å². The fraction of sp³-hybridized carbons (Fsp3) is 0.692. The number of fused-ring (bicyclic) bond motifs is 1. The Hall–Kier alpha value is -1.14. The molecule has 1 N–H and O–H groups in total. The zero-order valence-corrected chi connectivity index (χ0v) is 12.3. The Kier molecular flexibility index (Phi) is 3.45. The van der Waals surface area contributed by atoms with E-state index in [4.69, 9.17) is 17.0 Å². The lowest BCUT2D eigenvalue weighted by atomic mass is 10.1.